The standard InChI is InChI=1S/C11H15N3O3/c1-3-9(12)11(15)13-8-4-5-10(14(16)17)7(2)6-8/h4-6,9H,3,12H2,1-2H3,(H,13,15). The molecule has 0 aliphatic heterocycles. The summed E-state index contributed by atoms with van der Waals surface area (Å²) >= 11 is 0. The average Bonchev–Trinajstić information content (AvgIpc) is 2.27. The van der Waals surface area contributed by atoms with Gasteiger partial charge in [-0.15, -0.1) is 0 Å². The van der Waals surface area contributed by atoms with E-state index in [4.69, 9.17) is 5.73 Å². The summed E-state index contributed by atoms with van der Waals surface area (Å²) < 4.78 is 0. The molecule has 0 aliphatic carbocycles. The third-order valence-corrected chi connectivity index (χ3v) is 2.44. The molecule has 6 heteroatoms. The summed E-state index contributed by atoms with van der Waals surface area (Å²) in [5.74, 6) is -0.291. The van der Waals surface area contributed by atoms with Crippen LogP contribution in [0.25, 0.3) is 0 Å². The van der Waals surface area contributed by atoms with Crippen molar-refractivity contribution in [1.29, 1.82) is 0 Å². The number of carbonyl (C=O) groups is 1. The molecular formula is C11H15N3O3. The van der Waals surface area contributed by atoms with Crippen molar-refractivity contribution in [3.05, 3.63) is 33.9 Å². The third-order valence-electron chi connectivity index (χ3n) is 2.44. The fraction of sp³-hybridized carbons (Fsp3) is 0.364. The monoisotopic (exact) mass is 237 g/mol. The molecule has 3 N–H and O–H groups in total. The summed E-state index contributed by atoms with van der Waals surface area (Å²) in [7, 11) is 0. The quantitative estimate of drug-likeness (QED) is 0.613. The molecule has 1 aromatic rings. The SMILES string of the molecule is CCC(N)C(=O)Nc1ccc([N+](=O)[O-])c(C)c1. The van der Waals surface area contributed by atoms with E-state index in [1.54, 1.807) is 13.0 Å². The van der Waals surface area contributed by atoms with Crippen molar-refractivity contribution in [3.8, 4) is 0 Å². The second kappa shape index (κ2) is 5.40. The van der Waals surface area contributed by atoms with Crippen molar-refractivity contribution in [1.82, 2.24) is 0 Å². The number of hydrogen-bond donors (Lipinski definition) is 2. The Balaban J connectivity index is 2.84. The lowest BCUT2D eigenvalue weighted by Gasteiger charge is -2.10. The molecule has 0 spiro atoms. The summed E-state index contributed by atoms with van der Waals surface area (Å²) in [6.07, 6.45) is 0.539. The van der Waals surface area contributed by atoms with Crippen LogP contribution in [0, 0.1) is 17.0 Å². The molecule has 0 aromatic heterocycles. The first-order valence-electron chi connectivity index (χ1n) is 5.27. The number of amides is 1. The number of nitrogens with zero attached hydrogens (tertiary/aromatic N) is 1. The highest BCUT2D eigenvalue weighted by molar-refractivity contribution is 5.94. The number of aryl methyl sites for hydroxylation is 1. The van der Waals surface area contributed by atoms with Crippen molar-refractivity contribution in [2.45, 2.75) is 26.3 Å². The molecule has 1 rings (SSSR count). The fourth-order valence-electron chi connectivity index (χ4n) is 1.36. The Morgan fingerprint density at radius 1 is 1.59 bits per heavy atom. The zero-order valence-corrected chi connectivity index (χ0v) is 9.77. The first-order chi connectivity index (χ1) is 7.95. The van der Waals surface area contributed by atoms with Gasteiger partial charge in [0, 0.05) is 17.3 Å². The van der Waals surface area contributed by atoms with Crippen molar-refractivity contribution in [2.75, 3.05) is 5.32 Å². The van der Waals surface area contributed by atoms with E-state index in [0.717, 1.165) is 0 Å². The van der Waals surface area contributed by atoms with Gasteiger partial charge < -0.3 is 11.1 Å². The smallest absolute Gasteiger partial charge is 0.272 e. The Bertz CT molecular complexity index is 446. The number of nitrogens with one attached hydrogen (secondary N) is 1. The van der Waals surface area contributed by atoms with Crippen molar-refractivity contribution >= 4 is 17.3 Å². The lowest BCUT2D eigenvalue weighted by Crippen LogP contribution is -2.34. The molecule has 0 aliphatic rings. The van der Waals surface area contributed by atoms with Gasteiger partial charge in [0.15, 0.2) is 0 Å². The second-order valence-electron chi connectivity index (χ2n) is 3.76. The van der Waals surface area contributed by atoms with Gasteiger partial charge in [0.05, 0.1) is 11.0 Å². The topological polar surface area (TPSA) is 98.3 Å². The Kier molecular flexibility index (Phi) is 4.17. The largest absolute Gasteiger partial charge is 0.325 e. The number of carbonyl (C=O) groups excluding carboxylic acids is 1. The number of rotatable bonds is 4. The number of benzene rings is 1. The van der Waals surface area contributed by atoms with Crippen LogP contribution in [-0.4, -0.2) is 16.9 Å². The van der Waals surface area contributed by atoms with E-state index in [1.807, 2.05) is 6.92 Å². The zero-order valence-electron chi connectivity index (χ0n) is 9.77. The van der Waals surface area contributed by atoms with Crippen LogP contribution in [0.4, 0.5) is 11.4 Å². The highest BCUT2D eigenvalue weighted by Gasteiger charge is 2.14. The Labute approximate surface area is 99.0 Å². The van der Waals surface area contributed by atoms with Crippen LogP contribution >= 0.6 is 0 Å². The molecule has 0 bridgehead atoms. The maximum absolute atomic E-state index is 11.5. The molecule has 1 aromatic carbocycles. The average molecular weight is 237 g/mol. The van der Waals surface area contributed by atoms with Crippen LogP contribution in [0.5, 0.6) is 0 Å². The summed E-state index contributed by atoms with van der Waals surface area (Å²) in [5.41, 5.74) is 6.60. The van der Waals surface area contributed by atoms with Gasteiger partial charge in [-0.1, -0.05) is 6.92 Å². The van der Waals surface area contributed by atoms with E-state index in [0.29, 0.717) is 17.7 Å². The van der Waals surface area contributed by atoms with Gasteiger partial charge in [-0.25, -0.2) is 0 Å². The van der Waals surface area contributed by atoms with Gasteiger partial charge in [0.2, 0.25) is 5.91 Å². The van der Waals surface area contributed by atoms with Crippen molar-refractivity contribution in [3.63, 3.8) is 0 Å². The molecule has 6 nitrogen and oxygen atoms in total. The van der Waals surface area contributed by atoms with Gasteiger partial charge in [0.1, 0.15) is 0 Å². The molecular weight excluding hydrogens is 222 g/mol. The number of nitrogens with two attached hydrogens (primary N) is 1. The fourth-order valence-corrected chi connectivity index (χ4v) is 1.36. The minimum atomic E-state index is -0.564. The minimum absolute atomic E-state index is 0.0304. The maximum atomic E-state index is 11.5. The molecule has 1 unspecified atom stereocenters. The summed E-state index contributed by atoms with van der Waals surface area (Å²) in [6.45, 7) is 3.43. The molecule has 0 radical (unpaired) electrons. The van der Waals surface area contributed by atoms with Gasteiger partial charge in [-0.2, -0.15) is 0 Å². The molecule has 0 heterocycles. The third kappa shape index (κ3) is 3.25. The Hall–Kier alpha value is -1.95. The van der Waals surface area contributed by atoms with Crippen LogP contribution in [-0.2, 0) is 4.79 Å². The first kappa shape index (κ1) is 13.1. The highest BCUT2D eigenvalue weighted by Crippen LogP contribution is 2.21. The van der Waals surface area contributed by atoms with Gasteiger partial charge in [-0.05, 0) is 25.5 Å². The number of hydrogen-bond acceptors (Lipinski definition) is 4. The Morgan fingerprint density at radius 2 is 2.24 bits per heavy atom. The molecule has 92 valence electrons. The summed E-state index contributed by atoms with van der Waals surface area (Å²) in [4.78, 5) is 21.7. The summed E-state index contributed by atoms with van der Waals surface area (Å²) in [6, 6.07) is 3.84. The van der Waals surface area contributed by atoms with Crippen molar-refractivity contribution in [2.24, 2.45) is 5.73 Å². The lowest BCUT2D eigenvalue weighted by atomic mass is 10.1. The van der Waals surface area contributed by atoms with Crippen LogP contribution in [0.2, 0.25) is 0 Å². The minimum Gasteiger partial charge on any atom is -0.325 e. The number of nitro groups is 1. The first-order valence-corrected chi connectivity index (χ1v) is 5.27. The molecule has 1 atom stereocenters. The number of nitro benzene ring substituents is 1. The predicted octanol–water partition coefficient (Wildman–Crippen LogP) is 1.58. The van der Waals surface area contributed by atoms with Crippen LogP contribution < -0.4 is 11.1 Å². The van der Waals surface area contributed by atoms with Crippen LogP contribution in [0.15, 0.2) is 18.2 Å². The number of anilines is 1. The predicted molar refractivity (Wildman–Crippen MR) is 64.7 cm³/mol. The lowest BCUT2D eigenvalue weighted by molar-refractivity contribution is -0.385. The molecule has 17 heavy (non-hydrogen) atoms. The summed E-state index contributed by atoms with van der Waals surface area (Å²) in [5, 5.41) is 13.2. The van der Waals surface area contributed by atoms with Gasteiger partial charge >= 0.3 is 0 Å². The highest BCUT2D eigenvalue weighted by atomic mass is 16.6. The van der Waals surface area contributed by atoms with E-state index in [1.165, 1.54) is 12.1 Å². The van der Waals surface area contributed by atoms with Gasteiger partial charge in [-0.3, -0.25) is 14.9 Å². The van der Waals surface area contributed by atoms with E-state index in [-0.39, 0.29) is 11.6 Å². The Morgan fingerprint density at radius 3 is 2.71 bits per heavy atom. The normalized spacial score (nSPS) is 11.9. The van der Waals surface area contributed by atoms with E-state index >= 15 is 0 Å². The zero-order chi connectivity index (χ0) is 13.0. The van der Waals surface area contributed by atoms with Crippen molar-refractivity contribution < 1.29 is 9.72 Å². The molecule has 0 fully saturated rings. The van der Waals surface area contributed by atoms with E-state index in [9.17, 15) is 14.9 Å². The molecule has 1 amide bonds. The second-order valence-corrected chi connectivity index (χ2v) is 3.76. The molecule has 0 saturated heterocycles. The van der Waals surface area contributed by atoms with Crippen LogP contribution in [0.1, 0.15) is 18.9 Å². The molecule has 0 saturated carbocycles. The van der Waals surface area contributed by atoms with Gasteiger partial charge in [0.25, 0.3) is 5.69 Å². The van der Waals surface area contributed by atoms with E-state index in [2.05, 4.69) is 5.32 Å². The van der Waals surface area contributed by atoms with Crippen LogP contribution in [0.3, 0.4) is 0 Å². The van der Waals surface area contributed by atoms with E-state index < -0.39 is 11.0 Å². The maximum Gasteiger partial charge on any atom is 0.272 e.